The fourth-order valence-corrected chi connectivity index (χ4v) is 2.44. The summed E-state index contributed by atoms with van der Waals surface area (Å²) in [4.78, 5) is 0. The summed E-state index contributed by atoms with van der Waals surface area (Å²) in [6.07, 6.45) is 0. The molecule has 0 bridgehead atoms. The number of hydrogen-bond donors (Lipinski definition) is 2. The van der Waals surface area contributed by atoms with E-state index < -0.39 is 0 Å². The predicted octanol–water partition coefficient (Wildman–Crippen LogP) is 4.56. The molecule has 0 heterocycles. The highest BCUT2D eigenvalue weighted by molar-refractivity contribution is 7.80. The first kappa shape index (κ1) is 17.3. The van der Waals surface area contributed by atoms with Gasteiger partial charge in [0.05, 0.1) is 6.04 Å². The van der Waals surface area contributed by atoms with Gasteiger partial charge in [-0.15, -0.1) is 0 Å². The third-order valence-corrected chi connectivity index (χ3v) is 3.68. The van der Waals surface area contributed by atoms with Crippen molar-refractivity contribution in [2.45, 2.75) is 32.7 Å². The molecule has 1 atom stereocenters. The maximum atomic E-state index is 5.71. The molecule has 23 heavy (non-hydrogen) atoms. The van der Waals surface area contributed by atoms with Crippen LogP contribution in [0.25, 0.3) is 0 Å². The van der Waals surface area contributed by atoms with Gasteiger partial charge in [-0.25, -0.2) is 0 Å². The Bertz CT molecular complexity index is 611. The van der Waals surface area contributed by atoms with Gasteiger partial charge in [-0.1, -0.05) is 44.2 Å². The molecular formula is C19H24N2OS. The maximum absolute atomic E-state index is 5.71. The molecule has 0 radical (unpaired) electrons. The lowest BCUT2D eigenvalue weighted by Crippen LogP contribution is -2.39. The van der Waals surface area contributed by atoms with Gasteiger partial charge in [0.1, 0.15) is 12.4 Å². The molecule has 2 N–H and O–H groups in total. The van der Waals surface area contributed by atoms with Crippen LogP contribution in [0.2, 0.25) is 0 Å². The van der Waals surface area contributed by atoms with E-state index in [1.807, 2.05) is 37.3 Å². The lowest BCUT2D eigenvalue weighted by Gasteiger charge is -2.18. The molecule has 0 saturated carbocycles. The topological polar surface area (TPSA) is 33.3 Å². The number of para-hydroxylation sites is 1. The number of anilines is 1. The summed E-state index contributed by atoms with van der Waals surface area (Å²) in [5.74, 6) is 1.40. The second-order valence-electron chi connectivity index (χ2n) is 5.90. The summed E-state index contributed by atoms with van der Waals surface area (Å²) in [5, 5.41) is 7.04. The van der Waals surface area contributed by atoms with Crippen molar-refractivity contribution in [1.82, 2.24) is 5.32 Å². The van der Waals surface area contributed by atoms with Crippen molar-refractivity contribution in [1.29, 1.82) is 0 Å². The summed E-state index contributed by atoms with van der Waals surface area (Å²) in [7, 11) is 0. The lowest BCUT2D eigenvalue weighted by atomic mass is 10.0. The van der Waals surface area contributed by atoms with Crippen LogP contribution in [0.3, 0.4) is 0 Å². The molecule has 0 saturated heterocycles. The minimum Gasteiger partial charge on any atom is -0.491 e. The van der Waals surface area contributed by atoms with E-state index in [0.717, 1.165) is 11.4 Å². The van der Waals surface area contributed by atoms with Crippen LogP contribution in [0.1, 0.15) is 32.3 Å². The fourth-order valence-electron chi connectivity index (χ4n) is 2.12. The number of benzene rings is 2. The van der Waals surface area contributed by atoms with Crippen molar-refractivity contribution >= 4 is 23.0 Å². The predicted molar refractivity (Wildman–Crippen MR) is 101 cm³/mol. The molecule has 2 aromatic rings. The minimum absolute atomic E-state index is 0.116. The highest BCUT2D eigenvalue weighted by Crippen LogP contribution is 2.17. The van der Waals surface area contributed by atoms with Crippen molar-refractivity contribution in [2.24, 2.45) is 0 Å². The van der Waals surface area contributed by atoms with Gasteiger partial charge >= 0.3 is 0 Å². The van der Waals surface area contributed by atoms with Gasteiger partial charge in [0.2, 0.25) is 0 Å². The zero-order valence-electron chi connectivity index (χ0n) is 13.9. The molecule has 122 valence electrons. The monoisotopic (exact) mass is 328 g/mol. The second-order valence-corrected chi connectivity index (χ2v) is 6.31. The number of nitrogens with one attached hydrogen (secondary N) is 2. The van der Waals surface area contributed by atoms with Crippen LogP contribution in [0.15, 0.2) is 54.6 Å². The Kier molecular flexibility index (Phi) is 6.41. The van der Waals surface area contributed by atoms with Crippen molar-refractivity contribution in [3.63, 3.8) is 0 Å². The molecule has 2 rings (SSSR count). The van der Waals surface area contributed by atoms with Crippen molar-refractivity contribution in [3.05, 3.63) is 60.2 Å². The Labute approximate surface area is 144 Å². The zero-order valence-corrected chi connectivity index (χ0v) is 14.7. The Morgan fingerprint density at radius 3 is 2.26 bits per heavy atom. The zero-order chi connectivity index (χ0) is 16.7. The Balaban J connectivity index is 1.77. The molecule has 0 aliphatic heterocycles. The fraction of sp³-hybridized carbons (Fsp3) is 0.316. The van der Waals surface area contributed by atoms with Crippen molar-refractivity contribution in [2.75, 3.05) is 11.9 Å². The van der Waals surface area contributed by atoms with Gasteiger partial charge in [-0.05, 0) is 54.9 Å². The van der Waals surface area contributed by atoms with Crippen LogP contribution in [-0.4, -0.2) is 17.8 Å². The first-order valence-corrected chi connectivity index (χ1v) is 8.30. The van der Waals surface area contributed by atoms with Gasteiger partial charge in [-0.2, -0.15) is 0 Å². The standard InChI is InChI=1S/C19H24N2OS/c1-14(2)16-9-11-17(12-10-16)21-19(23)20-15(3)13-22-18-7-5-4-6-8-18/h4-12,14-15H,13H2,1-3H3,(H2,20,21,23). The lowest BCUT2D eigenvalue weighted by molar-refractivity contribution is 0.287. The average molecular weight is 328 g/mol. The number of rotatable bonds is 6. The SMILES string of the molecule is CC(COc1ccccc1)NC(=S)Nc1ccc(C(C)C)cc1. The molecule has 0 aromatic heterocycles. The van der Waals surface area contributed by atoms with E-state index in [1.165, 1.54) is 5.56 Å². The van der Waals surface area contributed by atoms with Crippen LogP contribution in [0.4, 0.5) is 5.69 Å². The van der Waals surface area contributed by atoms with Crippen molar-refractivity contribution < 1.29 is 4.74 Å². The summed E-state index contributed by atoms with van der Waals surface area (Å²) in [6, 6.07) is 18.2. The van der Waals surface area contributed by atoms with E-state index in [2.05, 4.69) is 48.7 Å². The van der Waals surface area contributed by atoms with Crippen molar-refractivity contribution in [3.8, 4) is 5.75 Å². The molecule has 2 aromatic carbocycles. The summed E-state index contributed by atoms with van der Waals surface area (Å²) >= 11 is 5.35. The summed E-state index contributed by atoms with van der Waals surface area (Å²) in [6.45, 7) is 6.96. The third-order valence-electron chi connectivity index (χ3n) is 3.46. The first-order chi connectivity index (χ1) is 11.0. The summed E-state index contributed by atoms with van der Waals surface area (Å²) in [5.41, 5.74) is 2.31. The van der Waals surface area contributed by atoms with E-state index in [0.29, 0.717) is 17.6 Å². The normalized spacial score (nSPS) is 11.8. The smallest absolute Gasteiger partial charge is 0.171 e. The molecule has 0 spiro atoms. The first-order valence-electron chi connectivity index (χ1n) is 7.90. The number of ether oxygens (including phenoxy) is 1. The summed E-state index contributed by atoms with van der Waals surface area (Å²) < 4.78 is 5.71. The van der Waals surface area contributed by atoms with Crippen LogP contribution in [0, 0.1) is 0 Å². The van der Waals surface area contributed by atoms with E-state index in [9.17, 15) is 0 Å². The van der Waals surface area contributed by atoms with E-state index >= 15 is 0 Å². The van der Waals surface area contributed by atoms with Gasteiger partial charge in [-0.3, -0.25) is 0 Å². The Morgan fingerprint density at radius 1 is 1.00 bits per heavy atom. The van der Waals surface area contributed by atoms with Crippen LogP contribution in [0.5, 0.6) is 5.75 Å². The molecule has 0 amide bonds. The number of thiocarbonyl (C=S) groups is 1. The third kappa shape index (κ3) is 5.91. The molecule has 4 heteroatoms. The van der Waals surface area contributed by atoms with Crippen LogP contribution < -0.4 is 15.4 Å². The maximum Gasteiger partial charge on any atom is 0.171 e. The van der Waals surface area contributed by atoms with E-state index in [4.69, 9.17) is 17.0 Å². The molecule has 3 nitrogen and oxygen atoms in total. The Morgan fingerprint density at radius 2 is 1.65 bits per heavy atom. The largest absolute Gasteiger partial charge is 0.491 e. The highest BCUT2D eigenvalue weighted by atomic mass is 32.1. The van der Waals surface area contributed by atoms with E-state index in [1.54, 1.807) is 0 Å². The second kappa shape index (κ2) is 8.53. The highest BCUT2D eigenvalue weighted by Gasteiger charge is 2.06. The quantitative estimate of drug-likeness (QED) is 0.761. The molecular weight excluding hydrogens is 304 g/mol. The van der Waals surface area contributed by atoms with Gasteiger partial charge in [0.15, 0.2) is 5.11 Å². The van der Waals surface area contributed by atoms with Gasteiger partial charge in [0.25, 0.3) is 0 Å². The van der Waals surface area contributed by atoms with Gasteiger partial charge in [0, 0.05) is 5.69 Å². The number of hydrogen-bond acceptors (Lipinski definition) is 2. The average Bonchev–Trinajstić information content (AvgIpc) is 2.54. The Hall–Kier alpha value is -2.07. The molecule has 0 aliphatic carbocycles. The molecule has 0 fully saturated rings. The van der Waals surface area contributed by atoms with Crippen LogP contribution in [-0.2, 0) is 0 Å². The van der Waals surface area contributed by atoms with Gasteiger partial charge < -0.3 is 15.4 Å². The molecule has 0 aliphatic rings. The van der Waals surface area contributed by atoms with E-state index in [-0.39, 0.29) is 6.04 Å². The molecule has 1 unspecified atom stereocenters. The minimum atomic E-state index is 0.116. The van der Waals surface area contributed by atoms with Crippen LogP contribution >= 0.6 is 12.2 Å².